The zero-order valence-corrected chi connectivity index (χ0v) is 8.10. The molecule has 3 nitrogen and oxygen atoms in total. The largest absolute Gasteiger partial charge is 0.330 e. The topological polar surface area (TPSA) is 55.1 Å². The average Bonchev–Trinajstić information content (AvgIpc) is 2.11. The molecule has 3 N–H and O–H groups in total. The Bertz CT molecular complexity index is 126. The van der Waals surface area contributed by atoms with Gasteiger partial charge in [-0.25, -0.2) is 0 Å². The van der Waals surface area contributed by atoms with E-state index in [1.807, 2.05) is 14.0 Å². The summed E-state index contributed by atoms with van der Waals surface area (Å²) in [5.74, 6) is 0.300. The van der Waals surface area contributed by atoms with Gasteiger partial charge in [0.2, 0.25) is 0 Å². The van der Waals surface area contributed by atoms with E-state index >= 15 is 0 Å². The van der Waals surface area contributed by atoms with Crippen LogP contribution in [0.5, 0.6) is 0 Å². The van der Waals surface area contributed by atoms with Gasteiger partial charge in [0.25, 0.3) is 0 Å². The molecule has 0 spiro atoms. The molecule has 0 aromatic heterocycles. The fraction of sp³-hybridized carbons (Fsp3) is 0.889. The molecular weight excluding hydrogens is 152 g/mol. The van der Waals surface area contributed by atoms with Crippen LogP contribution >= 0.6 is 0 Å². The Labute approximate surface area is 74.7 Å². The van der Waals surface area contributed by atoms with Crippen LogP contribution < -0.4 is 11.1 Å². The Morgan fingerprint density at radius 2 is 2.17 bits per heavy atom. The van der Waals surface area contributed by atoms with E-state index in [0.717, 1.165) is 25.8 Å². The lowest BCUT2D eigenvalue weighted by atomic mass is 10.0. The minimum Gasteiger partial charge on any atom is -0.330 e. The molecular formula is C9H20N2O. The third-order valence-electron chi connectivity index (χ3n) is 2.03. The van der Waals surface area contributed by atoms with Crippen molar-refractivity contribution >= 4 is 5.78 Å². The Morgan fingerprint density at radius 1 is 1.50 bits per heavy atom. The van der Waals surface area contributed by atoms with Crippen molar-refractivity contribution in [3.05, 3.63) is 0 Å². The van der Waals surface area contributed by atoms with Gasteiger partial charge in [-0.05, 0) is 26.4 Å². The summed E-state index contributed by atoms with van der Waals surface area (Å²) < 4.78 is 0. The third-order valence-corrected chi connectivity index (χ3v) is 2.03. The molecule has 1 atom stereocenters. The van der Waals surface area contributed by atoms with Crippen molar-refractivity contribution < 1.29 is 4.79 Å². The molecule has 0 unspecified atom stereocenters. The number of carbonyl (C=O) groups is 1. The molecule has 0 saturated heterocycles. The second kappa shape index (κ2) is 7.25. The molecule has 0 aliphatic heterocycles. The summed E-state index contributed by atoms with van der Waals surface area (Å²) in [4.78, 5) is 11.2. The molecule has 0 aromatic rings. The van der Waals surface area contributed by atoms with Crippen molar-refractivity contribution in [1.29, 1.82) is 0 Å². The maximum absolute atomic E-state index is 11.2. The van der Waals surface area contributed by atoms with Crippen LogP contribution in [-0.2, 0) is 4.79 Å². The van der Waals surface area contributed by atoms with Gasteiger partial charge in [0.05, 0.1) is 6.04 Å². The van der Waals surface area contributed by atoms with Crippen LogP contribution in [0.3, 0.4) is 0 Å². The van der Waals surface area contributed by atoms with Gasteiger partial charge in [0, 0.05) is 6.42 Å². The van der Waals surface area contributed by atoms with Gasteiger partial charge in [0.15, 0.2) is 0 Å². The van der Waals surface area contributed by atoms with Gasteiger partial charge < -0.3 is 11.1 Å². The number of rotatable bonds is 7. The number of nitrogens with one attached hydrogen (secondary N) is 1. The first-order valence-corrected chi connectivity index (χ1v) is 4.66. The minimum absolute atomic E-state index is 0.0431. The van der Waals surface area contributed by atoms with Crippen LogP contribution in [0.1, 0.15) is 32.6 Å². The lowest BCUT2D eigenvalue weighted by Gasteiger charge is -2.12. The molecule has 0 bridgehead atoms. The first-order chi connectivity index (χ1) is 5.76. The van der Waals surface area contributed by atoms with E-state index in [1.165, 1.54) is 0 Å². The van der Waals surface area contributed by atoms with E-state index < -0.39 is 0 Å². The van der Waals surface area contributed by atoms with Crippen molar-refractivity contribution in [2.24, 2.45) is 5.73 Å². The summed E-state index contributed by atoms with van der Waals surface area (Å²) in [5, 5.41) is 3.02. The number of likely N-dealkylation sites (N-methyl/N-ethyl adjacent to an activating group) is 1. The Morgan fingerprint density at radius 3 is 2.58 bits per heavy atom. The van der Waals surface area contributed by atoms with Gasteiger partial charge in [-0.1, -0.05) is 13.3 Å². The summed E-state index contributed by atoms with van der Waals surface area (Å²) in [7, 11) is 1.83. The standard InChI is InChI=1S/C9H20N2O/c1-3-9(12)8(11-2)6-4-5-7-10/h8,11H,3-7,10H2,1-2H3/t8-/m0/s1. The Hall–Kier alpha value is -0.410. The van der Waals surface area contributed by atoms with Gasteiger partial charge in [-0.3, -0.25) is 4.79 Å². The SMILES string of the molecule is CCC(=O)[C@H](CCCCN)NC. The third kappa shape index (κ3) is 4.46. The number of carbonyl (C=O) groups excluding carboxylic acids is 1. The van der Waals surface area contributed by atoms with Crippen LogP contribution in [0, 0.1) is 0 Å². The van der Waals surface area contributed by atoms with Gasteiger partial charge in [-0.2, -0.15) is 0 Å². The van der Waals surface area contributed by atoms with Crippen LogP contribution in [0.2, 0.25) is 0 Å². The molecule has 12 heavy (non-hydrogen) atoms. The molecule has 0 radical (unpaired) electrons. The number of nitrogens with two attached hydrogens (primary N) is 1. The highest BCUT2D eigenvalue weighted by atomic mass is 16.1. The van der Waals surface area contributed by atoms with E-state index in [9.17, 15) is 4.79 Å². The van der Waals surface area contributed by atoms with Crippen molar-refractivity contribution in [2.75, 3.05) is 13.6 Å². The smallest absolute Gasteiger partial charge is 0.149 e. The first kappa shape index (κ1) is 11.6. The second-order valence-electron chi connectivity index (χ2n) is 2.95. The number of hydrogen-bond donors (Lipinski definition) is 2. The summed E-state index contributed by atoms with van der Waals surface area (Å²) in [5.41, 5.74) is 5.36. The Balaban J connectivity index is 3.60. The minimum atomic E-state index is 0.0431. The number of unbranched alkanes of at least 4 members (excludes halogenated alkanes) is 1. The molecule has 0 fully saturated rings. The van der Waals surface area contributed by atoms with E-state index in [0.29, 0.717) is 12.2 Å². The van der Waals surface area contributed by atoms with Crippen LogP contribution in [0.15, 0.2) is 0 Å². The molecule has 0 aliphatic rings. The van der Waals surface area contributed by atoms with E-state index in [2.05, 4.69) is 5.32 Å². The fourth-order valence-corrected chi connectivity index (χ4v) is 1.21. The average molecular weight is 172 g/mol. The van der Waals surface area contributed by atoms with Gasteiger partial charge in [0.1, 0.15) is 5.78 Å². The van der Waals surface area contributed by atoms with E-state index in [4.69, 9.17) is 5.73 Å². The number of ketones is 1. The number of Topliss-reactive ketones (excluding diaryl/α,β-unsaturated/α-hetero) is 1. The normalized spacial score (nSPS) is 12.9. The van der Waals surface area contributed by atoms with Gasteiger partial charge in [-0.15, -0.1) is 0 Å². The van der Waals surface area contributed by atoms with E-state index in [1.54, 1.807) is 0 Å². The highest BCUT2D eigenvalue weighted by Gasteiger charge is 2.12. The van der Waals surface area contributed by atoms with Crippen molar-refractivity contribution in [1.82, 2.24) is 5.32 Å². The lowest BCUT2D eigenvalue weighted by molar-refractivity contribution is -0.120. The predicted octanol–water partition coefficient (Wildman–Crippen LogP) is 0.683. The molecule has 0 heterocycles. The van der Waals surface area contributed by atoms with Crippen LogP contribution in [0.4, 0.5) is 0 Å². The summed E-state index contributed by atoms with van der Waals surface area (Å²) >= 11 is 0. The van der Waals surface area contributed by atoms with Crippen molar-refractivity contribution in [2.45, 2.75) is 38.6 Å². The second-order valence-corrected chi connectivity index (χ2v) is 2.95. The molecule has 0 saturated carbocycles. The van der Waals surface area contributed by atoms with E-state index in [-0.39, 0.29) is 6.04 Å². The summed E-state index contributed by atoms with van der Waals surface area (Å²) in [6.45, 7) is 2.62. The maximum Gasteiger partial charge on any atom is 0.149 e. The quantitative estimate of drug-likeness (QED) is 0.555. The van der Waals surface area contributed by atoms with Crippen LogP contribution in [0.25, 0.3) is 0 Å². The molecule has 0 aromatic carbocycles. The zero-order chi connectivity index (χ0) is 9.40. The molecule has 3 heteroatoms. The highest BCUT2D eigenvalue weighted by molar-refractivity contribution is 5.83. The van der Waals surface area contributed by atoms with Crippen molar-refractivity contribution in [3.8, 4) is 0 Å². The lowest BCUT2D eigenvalue weighted by Crippen LogP contribution is -2.33. The maximum atomic E-state index is 11.2. The van der Waals surface area contributed by atoms with Crippen LogP contribution in [-0.4, -0.2) is 25.4 Å². The summed E-state index contributed by atoms with van der Waals surface area (Å²) in [6.07, 6.45) is 3.58. The predicted molar refractivity (Wildman–Crippen MR) is 51.1 cm³/mol. The van der Waals surface area contributed by atoms with Gasteiger partial charge >= 0.3 is 0 Å². The van der Waals surface area contributed by atoms with Crippen molar-refractivity contribution in [3.63, 3.8) is 0 Å². The number of hydrogen-bond acceptors (Lipinski definition) is 3. The zero-order valence-electron chi connectivity index (χ0n) is 8.10. The Kier molecular flexibility index (Phi) is 7.00. The molecule has 0 rings (SSSR count). The molecule has 72 valence electrons. The fourth-order valence-electron chi connectivity index (χ4n) is 1.21. The highest BCUT2D eigenvalue weighted by Crippen LogP contribution is 2.02. The molecule has 0 amide bonds. The first-order valence-electron chi connectivity index (χ1n) is 4.66. The summed E-state index contributed by atoms with van der Waals surface area (Å²) in [6, 6.07) is 0.0431. The molecule has 0 aliphatic carbocycles. The monoisotopic (exact) mass is 172 g/mol.